The van der Waals surface area contributed by atoms with Crippen LogP contribution >= 0.6 is 0 Å². The van der Waals surface area contributed by atoms with Gasteiger partial charge in [0, 0.05) is 23.9 Å². The van der Waals surface area contributed by atoms with Crippen molar-refractivity contribution < 1.29 is 9.69 Å². The minimum atomic E-state index is 0.0918. The Morgan fingerprint density at radius 3 is 3.04 bits per heavy atom. The fourth-order valence-electron chi connectivity index (χ4n) is 4.47. The summed E-state index contributed by atoms with van der Waals surface area (Å²) >= 11 is 0. The predicted octanol–water partition coefficient (Wildman–Crippen LogP) is 1.52. The third-order valence-electron chi connectivity index (χ3n) is 5.74. The molecule has 2 atom stereocenters. The van der Waals surface area contributed by atoms with Crippen molar-refractivity contribution in [1.29, 1.82) is 0 Å². The van der Waals surface area contributed by atoms with Crippen LogP contribution in [0.1, 0.15) is 47.8 Å². The van der Waals surface area contributed by atoms with Gasteiger partial charge in [-0.05, 0) is 37.8 Å². The van der Waals surface area contributed by atoms with Crippen LogP contribution in [0.15, 0.2) is 24.3 Å². The number of rotatable bonds is 4. The second-order valence-electron chi connectivity index (χ2n) is 7.09. The van der Waals surface area contributed by atoms with Gasteiger partial charge in [-0.2, -0.15) is 0 Å². The summed E-state index contributed by atoms with van der Waals surface area (Å²) in [7, 11) is 0. The van der Waals surface area contributed by atoms with Gasteiger partial charge >= 0.3 is 0 Å². The molecule has 2 aromatic rings. The van der Waals surface area contributed by atoms with E-state index in [9.17, 15) is 4.79 Å². The van der Waals surface area contributed by atoms with Crippen molar-refractivity contribution in [3.8, 4) is 0 Å². The van der Waals surface area contributed by atoms with Gasteiger partial charge in [-0.15, -0.1) is 0 Å². The van der Waals surface area contributed by atoms with Gasteiger partial charge < -0.3 is 10.2 Å². The molecule has 4 heteroatoms. The first kappa shape index (κ1) is 15.6. The first-order chi connectivity index (χ1) is 11.8. The number of benzene rings is 1. The number of likely N-dealkylation sites (N-methyl/N-ethyl adjacent to an activating group) is 1. The van der Waals surface area contributed by atoms with Crippen LogP contribution < -0.4 is 10.2 Å². The Bertz CT molecular complexity index is 771. The molecule has 4 nitrogen and oxygen atoms in total. The number of fused-ring (bicyclic) bond motifs is 2. The third kappa shape index (κ3) is 2.69. The van der Waals surface area contributed by atoms with Gasteiger partial charge in [0.1, 0.15) is 6.04 Å². The molecule has 1 unspecified atom stereocenters. The minimum absolute atomic E-state index is 0.0918. The minimum Gasteiger partial charge on any atom is -0.346 e. The molecule has 1 saturated heterocycles. The molecule has 2 aliphatic rings. The van der Waals surface area contributed by atoms with Crippen LogP contribution in [0.4, 0.5) is 0 Å². The van der Waals surface area contributed by atoms with Gasteiger partial charge in [0.05, 0.1) is 30.7 Å². The number of nitrogens with one attached hydrogen (secondary N) is 2. The summed E-state index contributed by atoms with van der Waals surface area (Å²) in [6.07, 6.45) is 5.58. The van der Waals surface area contributed by atoms with E-state index in [1.165, 1.54) is 24.9 Å². The van der Waals surface area contributed by atoms with E-state index < -0.39 is 0 Å². The summed E-state index contributed by atoms with van der Waals surface area (Å²) in [5.74, 6) is 0.0918. The Balaban J connectivity index is 1.62. The second kappa shape index (κ2) is 6.52. The summed E-state index contributed by atoms with van der Waals surface area (Å²) in [5, 5.41) is 4.24. The zero-order valence-corrected chi connectivity index (χ0v) is 14.4. The van der Waals surface area contributed by atoms with E-state index in [-0.39, 0.29) is 5.91 Å². The largest absolute Gasteiger partial charge is 0.346 e. The van der Waals surface area contributed by atoms with E-state index in [2.05, 4.69) is 12.2 Å². The monoisotopic (exact) mass is 324 g/mol. The Hall–Kier alpha value is -1.94. The average molecular weight is 324 g/mol. The van der Waals surface area contributed by atoms with Crippen LogP contribution in [0, 0.1) is 0 Å². The Labute approximate surface area is 143 Å². The standard InChI is InChI=1S/C20H25N3O/c1-2-23-12-6-7-14(23)13-21-20(24)19-15-8-3-4-10-17(15)22-18-11-5-9-16(18)19/h3-4,8,10,14H,2,5-7,9,11-13H2,1H3,(H,21,24)/p+1/t14-/m1/s1. The molecule has 1 aliphatic carbocycles. The van der Waals surface area contributed by atoms with Crippen LogP contribution in [0.2, 0.25) is 0 Å². The number of quaternary nitrogens is 1. The summed E-state index contributed by atoms with van der Waals surface area (Å²) in [6.45, 7) is 5.41. The lowest BCUT2D eigenvalue weighted by Crippen LogP contribution is -3.14. The van der Waals surface area contributed by atoms with Gasteiger partial charge in [0.25, 0.3) is 5.91 Å². The van der Waals surface area contributed by atoms with E-state index >= 15 is 0 Å². The smallest absolute Gasteiger partial charge is 0.252 e. The maximum Gasteiger partial charge on any atom is 0.252 e. The van der Waals surface area contributed by atoms with E-state index in [0.717, 1.165) is 54.5 Å². The molecular formula is C20H26N3O+. The molecule has 0 saturated carbocycles. The van der Waals surface area contributed by atoms with Gasteiger partial charge in [-0.1, -0.05) is 18.2 Å². The van der Waals surface area contributed by atoms with Crippen LogP contribution in [0.25, 0.3) is 10.9 Å². The quantitative estimate of drug-likeness (QED) is 0.896. The molecule has 2 N–H and O–H groups in total. The topological polar surface area (TPSA) is 46.4 Å². The third-order valence-corrected chi connectivity index (χ3v) is 5.74. The lowest BCUT2D eigenvalue weighted by Gasteiger charge is -2.20. The molecule has 1 fully saturated rings. The molecule has 4 rings (SSSR count). The summed E-state index contributed by atoms with van der Waals surface area (Å²) in [6, 6.07) is 8.63. The maximum atomic E-state index is 13.0. The fraction of sp³-hybridized carbons (Fsp3) is 0.500. The molecule has 2 heterocycles. The van der Waals surface area contributed by atoms with E-state index in [4.69, 9.17) is 4.98 Å². The molecule has 1 aliphatic heterocycles. The highest BCUT2D eigenvalue weighted by Crippen LogP contribution is 2.29. The van der Waals surface area contributed by atoms with Gasteiger partial charge in [0.2, 0.25) is 0 Å². The number of likely N-dealkylation sites (tertiary alicyclic amines) is 1. The van der Waals surface area contributed by atoms with Crippen LogP contribution in [-0.4, -0.2) is 36.6 Å². The zero-order valence-electron chi connectivity index (χ0n) is 14.4. The Morgan fingerprint density at radius 2 is 2.17 bits per heavy atom. The molecule has 1 amide bonds. The highest BCUT2D eigenvalue weighted by molar-refractivity contribution is 6.07. The lowest BCUT2D eigenvalue weighted by molar-refractivity contribution is -0.909. The Morgan fingerprint density at radius 1 is 1.29 bits per heavy atom. The first-order valence-electron chi connectivity index (χ1n) is 9.31. The molecule has 24 heavy (non-hydrogen) atoms. The van der Waals surface area contributed by atoms with Crippen molar-refractivity contribution in [2.45, 2.75) is 45.1 Å². The number of carbonyl (C=O) groups excluding carboxylic acids is 1. The molecule has 0 spiro atoms. The number of amides is 1. The molecule has 1 aromatic heterocycles. The van der Waals surface area contributed by atoms with Crippen LogP contribution in [0.5, 0.6) is 0 Å². The zero-order chi connectivity index (χ0) is 16.5. The number of hydrogen-bond donors (Lipinski definition) is 2. The van der Waals surface area contributed by atoms with Crippen molar-refractivity contribution in [2.75, 3.05) is 19.6 Å². The summed E-state index contributed by atoms with van der Waals surface area (Å²) in [4.78, 5) is 19.4. The number of aromatic nitrogens is 1. The molecule has 0 bridgehead atoms. The molecule has 0 radical (unpaired) electrons. The van der Waals surface area contributed by atoms with E-state index in [1.807, 2.05) is 24.3 Å². The van der Waals surface area contributed by atoms with Crippen molar-refractivity contribution in [1.82, 2.24) is 10.3 Å². The SMILES string of the molecule is CC[NH+]1CCC[C@@H]1CNC(=O)c1c2c(nc3ccccc13)CCC2. The van der Waals surface area contributed by atoms with Crippen LogP contribution in [0.3, 0.4) is 0 Å². The number of para-hydroxylation sites is 1. The van der Waals surface area contributed by atoms with Crippen molar-refractivity contribution in [3.63, 3.8) is 0 Å². The number of hydrogen-bond acceptors (Lipinski definition) is 2. The molecule has 126 valence electrons. The van der Waals surface area contributed by atoms with Crippen molar-refractivity contribution >= 4 is 16.8 Å². The number of pyridine rings is 1. The number of nitrogens with zero attached hydrogens (tertiary/aromatic N) is 1. The predicted molar refractivity (Wildman–Crippen MR) is 95.5 cm³/mol. The second-order valence-corrected chi connectivity index (χ2v) is 7.09. The Kier molecular flexibility index (Phi) is 4.23. The highest BCUT2D eigenvalue weighted by atomic mass is 16.1. The van der Waals surface area contributed by atoms with Crippen molar-refractivity contribution in [3.05, 3.63) is 41.1 Å². The first-order valence-corrected chi connectivity index (χ1v) is 9.31. The van der Waals surface area contributed by atoms with E-state index in [0.29, 0.717) is 6.04 Å². The number of carbonyl (C=O) groups is 1. The highest BCUT2D eigenvalue weighted by Gasteiger charge is 2.29. The van der Waals surface area contributed by atoms with Gasteiger partial charge in [0.15, 0.2) is 0 Å². The van der Waals surface area contributed by atoms with Gasteiger partial charge in [-0.3, -0.25) is 9.78 Å². The normalized spacial score (nSPS) is 22.7. The lowest BCUT2D eigenvalue weighted by atomic mass is 10.0. The van der Waals surface area contributed by atoms with Crippen LogP contribution in [-0.2, 0) is 12.8 Å². The fourth-order valence-corrected chi connectivity index (χ4v) is 4.47. The van der Waals surface area contributed by atoms with Gasteiger partial charge in [-0.25, -0.2) is 0 Å². The average Bonchev–Trinajstić information content (AvgIpc) is 3.25. The molecular weight excluding hydrogens is 298 g/mol. The summed E-state index contributed by atoms with van der Waals surface area (Å²) < 4.78 is 0. The molecule has 1 aromatic carbocycles. The number of aryl methyl sites for hydroxylation is 1. The van der Waals surface area contributed by atoms with E-state index in [1.54, 1.807) is 4.90 Å². The summed E-state index contributed by atoms with van der Waals surface area (Å²) in [5.41, 5.74) is 4.13. The van der Waals surface area contributed by atoms with Crippen molar-refractivity contribution in [2.24, 2.45) is 0 Å². The maximum absolute atomic E-state index is 13.0.